The Balaban J connectivity index is 2.13. The molecule has 0 aromatic heterocycles. The van der Waals surface area contributed by atoms with Crippen LogP contribution < -0.4 is 5.73 Å². The Labute approximate surface area is 86.6 Å². The molecule has 0 aliphatic heterocycles. The third-order valence-corrected chi connectivity index (χ3v) is 3.15. The van der Waals surface area contributed by atoms with E-state index in [4.69, 9.17) is 15.6 Å². The molecule has 3 heteroatoms. The molecule has 0 heterocycles. The Hall–Kier alpha value is -0.120. The number of aliphatic hydroxyl groups is 1. The Morgan fingerprint density at radius 1 is 1.21 bits per heavy atom. The summed E-state index contributed by atoms with van der Waals surface area (Å²) in [5.41, 5.74) is 5.73. The molecule has 84 valence electrons. The van der Waals surface area contributed by atoms with E-state index in [9.17, 15) is 0 Å². The topological polar surface area (TPSA) is 55.5 Å². The lowest BCUT2D eigenvalue weighted by atomic mass is 9.80. The first-order valence-corrected chi connectivity index (χ1v) is 5.77. The summed E-state index contributed by atoms with van der Waals surface area (Å²) in [5, 5.41) is 8.60. The molecular formula is C11H23NO2. The van der Waals surface area contributed by atoms with E-state index in [0.29, 0.717) is 18.4 Å². The molecular weight excluding hydrogens is 178 g/mol. The number of ether oxygens (including phenoxy) is 1. The molecule has 2 unspecified atom stereocenters. The van der Waals surface area contributed by atoms with Crippen LogP contribution in [0.5, 0.6) is 0 Å². The third-order valence-electron chi connectivity index (χ3n) is 3.15. The van der Waals surface area contributed by atoms with Gasteiger partial charge in [0.1, 0.15) is 0 Å². The molecule has 0 aromatic carbocycles. The van der Waals surface area contributed by atoms with Crippen LogP contribution >= 0.6 is 0 Å². The highest BCUT2D eigenvalue weighted by Crippen LogP contribution is 2.29. The van der Waals surface area contributed by atoms with Gasteiger partial charge in [0.2, 0.25) is 0 Å². The molecule has 0 saturated heterocycles. The summed E-state index contributed by atoms with van der Waals surface area (Å²) in [6, 6.07) is 0. The smallest absolute Gasteiger partial charge is 0.0497 e. The van der Waals surface area contributed by atoms with E-state index in [-0.39, 0.29) is 6.61 Å². The van der Waals surface area contributed by atoms with Crippen molar-refractivity contribution in [1.82, 2.24) is 0 Å². The molecule has 1 fully saturated rings. The van der Waals surface area contributed by atoms with Crippen molar-refractivity contribution in [2.45, 2.75) is 32.1 Å². The van der Waals surface area contributed by atoms with Crippen LogP contribution in [0.2, 0.25) is 0 Å². The fraction of sp³-hybridized carbons (Fsp3) is 1.00. The van der Waals surface area contributed by atoms with E-state index in [2.05, 4.69) is 0 Å². The summed E-state index contributed by atoms with van der Waals surface area (Å²) in [6.07, 6.45) is 5.94. The Morgan fingerprint density at radius 3 is 2.57 bits per heavy atom. The van der Waals surface area contributed by atoms with Crippen molar-refractivity contribution in [1.29, 1.82) is 0 Å². The predicted octanol–water partition coefficient (Wildman–Crippen LogP) is 1.15. The Kier molecular flexibility index (Phi) is 6.15. The van der Waals surface area contributed by atoms with Crippen molar-refractivity contribution in [2.24, 2.45) is 17.6 Å². The van der Waals surface area contributed by atoms with Gasteiger partial charge in [-0.05, 0) is 37.6 Å². The maximum Gasteiger partial charge on any atom is 0.0497 e. The highest BCUT2D eigenvalue weighted by atomic mass is 16.5. The summed E-state index contributed by atoms with van der Waals surface area (Å²) in [4.78, 5) is 0. The van der Waals surface area contributed by atoms with Crippen LogP contribution in [0, 0.1) is 11.8 Å². The molecule has 3 N–H and O–H groups in total. The molecule has 0 spiro atoms. The van der Waals surface area contributed by atoms with Crippen molar-refractivity contribution >= 4 is 0 Å². The summed E-state index contributed by atoms with van der Waals surface area (Å²) in [6.45, 7) is 2.55. The van der Waals surface area contributed by atoms with Gasteiger partial charge in [0, 0.05) is 19.8 Å². The van der Waals surface area contributed by atoms with Gasteiger partial charge in [-0.15, -0.1) is 0 Å². The first kappa shape index (κ1) is 12.0. The van der Waals surface area contributed by atoms with Crippen LogP contribution in [0.4, 0.5) is 0 Å². The highest BCUT2D eigenvalue weighted by Gasteiger charge is 2.23. The standard InChI is InChI=1S/C11H23NO2/c12-8-10-4-1-2-5-11(10)9-14-7-3-6-13/h10-11,13H,1-9,12H2. The van der Waals surface area contributed by atoms with Crippen molar-refractivity contribution in [3.8, 4) is 0 Å². The van der Waals surface area contributed by atoms with Crippen LogP contribution in [0.25, 0.3) is 0 Å². The van der Waals surface area contributed by atoms with Crippen LogP contribution in [0.15, 0.2) is 0 Å². The lowest BCUT2D eigenvalue weighted by Gasteiger charge is -2.30. The summed E-state index contributed by atoms with van der Waals surface area (Å²) in [5.74, 6) is 1.32. The lowest BCUT2D eigenvalue weighted by Crippen LogP contribution is -2.30. The minimum Gasteiger partial charge on any atom is -0.396 e. The van der Waals surface area contributed by atoms with E-state index < -0.39 is 0 Å². The zero-order chi connectivity index (χ0) is 10.2. The zero-order valence-electron chi connectivity index (χ0n) is 8.95. The largest absolute Gasteiger partial charge is 0.396 e. The molecule has 3 nitrogen and oxygen atoms in total. The van der Waals surface area contributed by atoms with E-state index in [1.807, 2.05) is 0 Å². The first-order valence-electron chi connectivity index (χ1n) is 5.77. The Morgan fingerprint density at radius 2 is 1.93 bits per heavy atom. The van der Waals surface area contributed by atoms with Gasteiger partial charge in [0.25, 0.3) is 0 Å². The zero-order valence-corrected chi connectivity index (χ0v) is 8.95. The van der Waals surface area contributed by atoms with Gasteiger partial charge < -0.3 is 15.6 Å². The maximum atomic E-state index is 8.60. The second kappa shape index (κ2) is 7.21. The van der Waals surface area contributed by atoms with Crippen molar-refractivity contribution in [3.63, 3.8) is 0 Å². The van der Waals surface area contributed by atoms with E-state index in [1.165, 1.54) is 25.7 Å². The van der Waals surface area contributed by atoms with E-state index in [0.717, 1.165) is 19.6 Å². The van der Waals surface area contributed by atoms with Crippen LogP contribution in [0.3, 0.4) is 0 Å². The maximum absolute atomic E-state index is 8.60. The first-order chi connectivity index (χ1) is 6.88. The summed E-state index contributed by atoms with van der Waals surface area (Å²) in [7, 11) is 0. The van der Waals surface area contributed by atoms with Crippen molar-refractivity contribution < 1.29 is 9.84 Å². The third kappa shape index (κ3) is 3.95. The molecule has 1 rings (SSSR count). The van der Waals surface area contributed by atoms with E-state index >= 15 is 0 Å². The number of hydrogen-bond acceptors (Lipinski definition) is 3. The molecule has 2 atom stereocenters. The molecule has 14 heavy (non-hydrogen) atoms. The molecule has 0 amide bonds. The Bertz CT molecular complexity index is 141. The SMILES string of the molecule is NCC1CCCCC1COCCCO. The molecule has 0 radical (unpaired) electrons. The van der Waals surface area contributed by atoms with Gasteiger partial charge in [0.15, 0.2) is 0 Å². The van der Waals surface area contributed by atoms with Gasteiger partial charge >= 0.3 is 0 Å². The number of nitrogens with two attached hydrogens (primary N) is 1. The van der Waals surface area contributed by atoms with Crippen LogP contribution in [-0.2, 0) is 4.74 Å². The van der Waals surface area contributed by atoms with Gasteiger partial charge in [0.05, 0.1) is 0 Å². The minimum absolute atomic E-state index is 0.227. The van der Waals surface area contributed by atoms with Crippen molar-refractivity contribution in [2.75, 3.05) is 26.4 Å². The fourth-order valence-electron chi connectivity index (χ4n) is 2.22. The molecule has 0 bridgehead atoms. The summed E-state index contributed by atoms with van der Waals surface area (Å²) >= 11 is 0. The monoisotopic (exact) mass is 201 g/mol. The normalized spacial score (nSPS) is 27.9. The fourth-order valence-corrected chi connectivity index (χ4v) is 2.22. The van der Waals surface area contributed by atoms with Gasteiger partial charge in [-0.25, -0.2) is 0 Å². The van der Waals surface area contributed by atoms with E-state index in [1.54, 1.807) is 0 Å². The quantitative estimate of drug-likeness (QED) is 0.634. The minimum atomic E-state index is 0.227. The predicted molar refractivity (Wildman–Crippen MR) is 57.0 cm³/mol. The van der Waals surface area contributed by atoms with Gasteiger partial charge in [-0.3, -0.25) is 0 Å². The second-order valence-corrected chi connectivity index (χ2v) is 4.19. The average molecular weight is 201 g/mol. The number of hydrogen-bond donors (Lipinski definition) is 2. The summed E-state index contributed by atoms with van der Waals surface area (Å²) < 4.78 is 5.53. The molecule has 1 saturated carbocycles. The lowest BCUT2D eigenvalue weighted by molar-refractivity contribution is 0.0534. The van der Waals surface area contributed by atoms with Crippen molar-refractivity contribution in [3.05, 3.63) is 0 Å². The number of aliphatic hydroxyl groups excluding tert-OH is 1. The molecule has 1 aliphatic carbocycles. The molecule has 0 aromatic rings. The molecule has 1 aliphatic rings. The average Bonchev–Trinajstić information content (AvgIpc) is 2.25. The van der Waals surface area contributed by atoms with Gasteiger partial charge in [-0.2, -0.15) is 0 Å². The highest BCUT2D eigenvalue weighted by molar-refractivity contribution is 4.75. The van der Waals surface area contributed by atoms with Crippen LogP contribution in [0.1, 0.15) is 32.1 Å². The van der Waals surface area contributed by atoms with Gasteiger partial charge in [-0.1, -0.05) is 12.8 Å². The van der Waals surface area contributed by atoms with Crippen LogP contribution in [-0.4, -0.2) is 31.5 Å². The second-order valence-electron chi connectivity index (χ2n) is 4.19. The number of rotatable bonds is 6.